The molecular formula is C22H35N5O. The number of rotatable bonds is 7. The lowest BCUT2D eigenvalue weighted by Crippen LogP contribution is -2.45. The average molecular weight is 386 g/mol. The molecule has 0 bridgehead atoms. The number of carbonyl (C=O) groups is 1. The summed E-state index contributed by atoms with van der Waals surface area (Å²) in [5, 5.41) is 9.51. The van der Waals surface area contributed by atoms with Gasteiger partial charge in [-0.15, -0.1) is 0 Å². The third kappa shape index (κ3) is 6.82. The van der Waals surface area contributed by atoms with Crippen LogP contribution in [-0.2, 0) is 17.9 Å². The van der Waals surface area contributed by atoms with Gasteiger partial charge in [-0.25, -0.2) is 0 Å². The van der Waals surface area contributed by atoms with E-state index in [1.165, 1.54) is 56.3 Å². The Morgan fingerprint density at radius 2 is 1.68 bits per heavy atom. The van der Waals surface area contributed by atoms with Crippen LogP contribution in [0.25, 0.3) is 0 Å². The van der Waals surface area contributed by atoms with Gasteiger partial charge >= 0.3 is 0 Å². The number of guanidine groups is 1. The Balaban J connectivity index is 1.36. The molecule has 3 N–H and O–H groups in total. The summed E-state index contributed by atoms with van der Waals surface area (Å²) in [6, 6.07) is 9.10. The van der Waals surface area contributed by atoms with Gasteiger partial charge in [0.1, 0.15) is 0 Å². The molecule has 0 unspecified atom stereocenters. The summed E-state index contributed by atoms with van der Waals surface area (Å²) in [4.78, 5) is 18.9. The fourth-order valence-electron chi connectivity index (χ4n) is 4.06. The van der Waals surface area contributed by atoms with E-state index in [0.29, 0.717) is 18.5 Å². The topological polar surface area (TPSA) is 68.8 Å². The SMILES string of the molecule is CN=C(NCC(=O)NC1CCCCC1)NCc1ccc(CN2CCCC2)cc1. The fourth-order valence-corrected chi connectivity index (χ4v) is 4.06. The second-order valence-electron chi connectivity index (χ2n) is 7.98. The van der Waals surface area contributed by atoms with Crippen LogP contribution in [-0.4, -0.2) is 49.5 Å². The first-order chi connectivity index (χ1) is 13.7. The van der Waals surface area contributed by atoms with Crippen LogP contribution in [0.2, 0.25) is 0 Å². The number of benzene rings is 1. The van der Waals surface area contributed by atoms with Crippen LogP contribution in [0.1, 0.15) is 56.1 Å². The van der Waals surface area contributed by atoms with E-state index in [0.717, 1.165) is 19.4 Å². The molecule has 1 aliphatic heterocycles. The second kappa shape index (κ2) is 11.1. The molecule has 1 saturated carbocycles. The summed E-state index contributed by atoms with van der Waals surface area (Å²) in [6.07, 6.45) is 8.59. The summed E-state index contributed by atoms with van der Waals surface area (Å²) >= 11 is 0. The Morgan fingerprint density at radius 3 is 2.36 bits per heavy atom. The predicted octanol–water partition coefficient (Wildman–Crippen LogP) is 2.40. The van der Waals surface area contributed by atoms with Crippen molar-refractivity contribution in [2.45, 2.75) is 64.1 Å². The van der Waals surface area contributed by atoms with E-state index in [2.05, 4.69) is 50.1 Å². The minimum absolute atomic E-state index is 0.0427. The number of carbonyl (C=O) groups excluding carboxylic acids is 1. The maximum absolute atomic E-state index is 12.1. The second-order valence-corrected chi connectivity index (χ2v) is 7.98. The summed E-state index contributed by atoms with van der Waals surface area (Å²) in [5.74, 6) is 0.695. The van der Waals surface area contributed by atoms with Gasteiger partial charge in [-0.1, -0.05) is 43.5 Å². The Bertz CT molecular complexity index is 631. The van der Waals surface area contributed by atoms with E-state index in [1.54, 1.807) is 7.05 Å². The molecule has 2 fully saturated rings. The van der Waals surface area contributed by atoms with Crippen molar-refractivity contribution in [2.75, 3.05) is 26.7 Å². The third-order valence-corrected chi connectivity index (χ3v) is 5.70. The molecule has 0 spiro atoms. The maximum Gasteiger partial charge on any atom is 0.239 e. The molecule has 0 atom stereocenters. The standard InChI is InChI=1S/C22H35N5O/c1-23-22(25-16-21(28)26-20-7-3-2-4-8-20)24-15-18-9-11-19(12-10-18)17-27-13-5-6-14-27/h9-12,20H,2-8,13-17H2,1H3,(H,26,28)(H2,23,24,25). The van der Waals surface area contributed by atoms with Crippen LogP contribution in [0.3, 0.4) is 0 Å². The first-order valence-electron chi connectivity index (χ1n) is 10.8. The molecule has 1 aliphatic carbocycles. The molecule has 1 aromatic carbocycles. The summed E-state index contributed by atoms with van der Waals surface area (Å²) in [5.41, 5.74) is 2.58. The lowest BCUT2D eigenvalue weighted by atomic mass is 9.95. The maximum atomic E-state index is 12.1. The summed E-state index contributed by atoms with van der Waals surface area (Å²) < 4.78 is 0. The van der Waals surface area contributed by atoms with E-state index >= 15 is 0 Å². The predicted molar refractivity (Wildman–Crippen MR) is 114 cm³/mol. The van der Waals surface area contributed by atoms with Crippen LogP contribution >= 0.6 is 0 Å². The number of nitrogens with zero attached hydrogens (tertiary/aromatic N) is 2. The van der Waals surface area contributed by atoms with Crippen molar-refractivity contribution in [3.8, 4) is 0 Å². The molecule has 0 aromatic heterocycles. The lowest BCUT2D eigenvalue weighted by molar-refractivity contribution is -0.120. The minimum atomic E-state index is 0.0427. The van der Waals surface area contributed by atoms with Gasteiger partial charge in [-0.2, -0.15) is 0 Å². The smallest absolute Gasteiger partial charge is 0.239 e. The van der Waals surface area contributed by atoms with Crippen LogP contribution in [0.5, 0.6) is 0 Å². The van der Waals surface area contributed by atoms with Gasteiger partial charge in [0.15, 0.2) is 5.96 Å². The number of aliphatic imine (C=N–C) groups is 1. The molecule has 6 nitrogen and oxygen atoms in total. The van der Waals surface area contributed by atoms with E-state index < -0.39 is 0 Å². The van der Waals surface area contributed by atoms with Crippen molar-refractivity contribution < 1.29 is 4.79 Å². The Morgan fingerprint density at radius 1 is 1.00 bits per heavy atom. The highest BCUT2D eigenvalue weighted by Crippen LogP contribution is 2.17. The lowest BCUT2D eigenvalue weighted by Gasteiger charge is -2.23. The number of hydrogen-bond donors (Lipinski definition) is 3. The van der Waals surface area contributed by atoms with Crippen molar-refractivity contribution >= 4 is 11.9 Å². The highest BCUT2D eigenvalue weighted by atomic mass is 16.2. The quantitative estimate of drug-likeness (QED) is 0.498. The first kappa shape index (κ1) is 20.6. The van der Waals surface area contributed by atoms with Crippen molar-refractivity contribution in [1.82, 2.24) is 20.9 Å². The van der Waals surface area contributed by atoms with Crippen molar-refractivity contribution in [2.24, 2.45) is 4.99 Å². The zero-order chi connectivity index (χ0) is 19.6. The van der Waals surface area contributed by atoms with Crippen molar-refractivity contribution in [3.05, 3.63) is 35.4 Å². The molecule has 154 valence electrons. The molecule has 1 aromatic rings. The van der Waals surface area contributed by atoms with Gasteiger partial charge in [0.2, 0.25) is 5.91 Å². The molecule has 1 saturated heterocycles. The number of nitrogens with one attached hydrogen (secondary N) is 3. The summed E-state index contributed by atoms with van der Waals surface area (Å²) in [6.45, 7) is 4.44. The zero-order valence-electron chi connectivity index (χ0n) is 17.2. The van der Waals surface area contributed by atoms with Crippen LogP contribution < -0.4 is 16.0 Å². The monoisotopic (exact) mass is 385 g/mol. The molecule has 1 heterocycles. The van der Waals surface area contributed by atoms with Gasteiger partial charge in [-0.05, 0) is 49.9 Å². The van der Waals surface area contributed by atoms with E-state index in [4.69, 9.17) is 0 Å². The Labute approximate surface area is 169 Å². The van der Waals surface area contributed by atoms with E-state index in [9.17, 15) is 4.79 Å². The number of amides is 1. The van der Waals surface area contributed by atoms with Gasteiger partial charge in [-0.3, -0.25) is 14.7 Å². The molecule has 0 radical (unpaired) electrons. The largest absolute Gasteiger partial charge is 0.352 e. The molecule has 28 heavy (non-hydrogen) atoms. The minimum Gasteiger partial charge on any atom is -0.352 e. The molecule has 6 heteroatoms. The van der Waals surface area contributed by atoms with Gasteiger partial charge in [0, 0.05) is 26.2 Å². The van der Waals surface area contributed by atoms with Gasteiger partial charge in [0.05, 0.1) is 6.54 Å². The van der Waals surface area contributed by atoms with Crippen LogP contribution in [0, 0.1) is 0 Å². The average Bonchev–Trinajstić information content (AvgIpc) is 3.23. The number of likely N-dealkylation sites (tertiary alicyclic amines) is 1. The highest BCUT2D eigenvalue weighted by molar-refractivity contribution is 5.86. The molecule has 3 rings (SSSR count). The fraction of sp³-hybridized carbons (Fsp3) is 0.636. The van der Waals surface area contributed by atoms with E-state index in [1.807, 2.05) is 0 Å². The molecule has 2 aliphatic rings. The van der Waals surface area contributed by atoms with Gasteiger partial charge < -0.3 is 16.0 Å². The van der Waals surface area contributed by atoms with Crippen LogP contribution in [0.15, 0.2) is 29.3 Å². The summed E-state index contributed by atoms with van der Waals surface area (Å²) in [7, 11) is 1.73. The third-order valence-electron chi connectivity index (χ3n) is 5.70. The normalized spacial score (nSPS) is 18.8. The van der Waals surface area contributed by atoms with Gasteiger partial charge in [0.25, 0.3) is 0 Å². The van der Waals surface area contributed by atoms with Crippen molar-refractivity contribution in [3.63, 3.8) is 0 Å². The van der Waals surface area contributed by atoms with Crippen molar-refractivity contribution in [1.29, 1.82) is 0 Å². The van der Waals surface area contributed by atoms with Crippen LogP contribution in [0.4, 0.5) is 0 Å². The molecule has 1 amide bonds. The zero-order valence-corrected chi connectivity index (χ0v) is 17.2. The molecular weight excluding hydrogens is 350 g/mol. The first-order valence-corrected chi connectivity index (χ1v) is 10.8. The Kier molecular flexibility index (Phi) is 8.15. The Hall–Kier alpha value is -2.08. The highest BCUT2D eigenvalue weighted by Gasteiger charge is 2.15. The number of hydrogen-bond acceptors (Lipinski definition) is 3. The van der Waals surface area contributed by atoms with E-state index in [-0.39, 0.29) is 12.5 Å².